The molecule has 2 rings (SSSR count). The van der Waals surface area contributed by atoms with Crippen molar-refractivity contribution < 1.29 is 0 Å². The maximum absolute atomic E-state index is 3.74. The molecule has 2 heteroatoms. The van der Waals surface area contributed by atoms with Crippen LogP contribution in [0.4, 0.5) is 0 Å². The van der Waals surface area contributed by atoms with E-state index in [0.717, 1.165) is 10.7 Å². The van der Waals surface area contributed by atoms with E-state index in [4.69, 9.17) is 0 Å². The lowest BCUT2D eigenvalue weighted by molar-refractivity contribution is 0.218. The molecule has 1 nitrogen and oxygen atoms in total. The van der Waals surface area contributed by atoms with Gasteiger partial charge in [-0.1, -0.05) is 35.2 Å². The molecule has 0 amide bonds. The molecule has 0 radical (unpaired) electrons. The molecule has 1 unspecified atom stereocenters. The fourth-order valence-electron chi connectivity index (χ4n) is 2.49. The molecule has 82 valence electrons. The van der Waals surface area contributed by atoms with Crippen LogP contribution in [0.2, 0.25) is 0 Å². The number of nitrogens with zero attached hydrogens (tertiary/aromatic N) is 1. The van der Waals surface area contributed by atoms with E-state index in [9.17, 15) is 0 Å². The molecule has 14 heavy (non-hydrogen) atoms. The fourth-order valence-corrected chi connectivity index (χ4v) is 3.01. The molecule has 0 aromatic carbocycles. The van der Waals surface area contributed by atoms with E-state index in [0.29, 0.717) is 0 Å². The standard InChI is InChI=1S/C12H22BrN/c13-12-5-2-8-14(10-7-12)9-6-11-3-1-4-11/h11-12H,1-10H2. The van der Waals surface area contributed by atoms with Crippen molar-refractivity contribution in [1.82, 2.24) is 4.90 Å². The number of hydrogen-bond acceptors (Lipinski definition) is 1. The van der Waals surface area contributed by atoms with Gasteiger partial charge in [-0.05, 0) is 51.2 Å². The number of rotatable bonds is 3. The van der Waals surface area contributed by atoms with Crippen molar-refractivity contribution in [2.45, 2.75) is 49.8 Å². The average molecular weight is 260 g/mol. The molecule has 1 atom stereocenters. The third-order valence-corrected chi connectivity index (χ3v) is 4.74. The van der Waals surface area contributed by atoms with E-state index in [1.807, 2.05) is 0 Å². The van der Waals surface area contributed by atoms with Crippen LogP contribution in [0, 0.1) is 5.92 Å². The normalized spacial score (nSPS) is 31.1. The van der Waals surface area contributed by atoms with Crippen LogP contribution >= 0.6 is 15.9 Å². The Bertz CT molecular complexity index is 168. The van der Waals surface area contributed by atoms with Gasteiger partial charge >= 0.3 is 0 Å². The SMILES string of the molecule is BrC1CCCN(CCC2CCC2)CC1. The minimum Gasteiger partial charge on any atom is -0.303 e. The molecule has 0 aromatic rings. The molecule has 2 aliphatic rings. The first-order chi connectivity index (χ1) is 6.84. The van der Waals surface area contributed by atoms with Gasteiger partial charge in [-0.2, -0.15) is 0 Å². The summed E-state index contributed by atoms with van der Waals surface area (Å²) < 4.78 is 0. The quantitative estimate of drug-likeness (QED) is 0.703. The van der Waals surface area contributed by atoms with Crippen LogP contribution in [0.1, 0.15) is 44.9 Å². The Labute approximate surface area is 96.4 Å². The largest absolute Gasteiger partial charge is 0.303 e. The van der Waals surface area contributed by atoms with E-state index in [2.05, 4.69) is 20.8 Å². The molecule has 0 bridgehead atoms. The van der Waals surface area contributed by atoms with Crippen LogP contribution in [-0.2, 0) is 0 Å². The molecule has 0 aromatic heterocycles. The van der Waals surface area contributed by atoms with Gasteiger partial charge in [-0.15, -0.1) is 0 Å². The summed E-state index contributed by atoms with van der Waals surface area (Å²) in [6, 6.07) is 0. The predicted octanol–water partition coefficient (Wildman–Crippen LogP) is 3.43. The number of hydrogen-bond donors (Lipinski definition) is 0. The summed E-state index contributed by atoms with van der Waals surface area (Å²) in [4.78, 5) is 3.47. The van der Waals surface area contributed by atoms with Crippen LogP contribution in [-0.4, -0.2) is 29.4 Å². The third-order valence-electron chi connectivity index (χ3n) is 3.83. The molecular formula is C12H22BrN. The Hall–Kier alpha value is 0.440. The van der Waals surface area contributed by atoms with E-state index < -0.39 is 0 Å². The maximum atomic E-state index is 3.74. The van der Waals surface area contributed by atoms with Gasteiger partial charge in [0.15, 0.2) is 0 Å². The lowest BCUT2D eigenvalue weighted by Crippen LogP contribution is -2.28. The van der Waals surface area contributed by atoms with Crippen molar-refractivity contribution in [3.05, 3.63) is 0 Å². The highest BCUT2D eigenvalue weighted by Gasteiger charge is 2.19. The molecule has 1 aliphatic heterocycles. The van der Waals surface area contributed by atoms with Gasteiger partial charge in [0.05, 0.1) is 0 Å². The summed E-state index contributed by atoms with van der Waals surface area (Å²) in [5, 5.41) is 0. The van der Waals surface area contributed by atoms with Crippen LogP contribution < -0.4 is 0 Å². The molecule has 1 saturated heterocycles. The van der Waals surface area contributed by atoms with E-state index in [-0.39, 0.29) is 0 Å². The average Bonchev–Trinajstić information content (AvgIpc) is 2.28. The van der Waals surface area contributed by atoms with E-state index >= 15 is 0 Å². The Morgan fingerprint density at radius 2 is 1.86 bits per heavy atom. The van der Waals surface area contributed by atoms with E-state index in [1.165, 1.54) is 64.6 Å². The van der Waals surface area contributed by atoms with Crippen LogP contribution in [0.15, 0.2) is 0 Å². The van der Waals surface area contributed by atoms with Crippen LogP contribution in [0.5, 0.6) is 0 Å². The molecular weight excluding hydrogens is 238 g/mol. The Morgan fingerprint density at radius 1 is 1.00 bits per heavy atom. The molecule has 1 aliphatic carbocycles. The van der Waals surface area contributed by atoms with E-state index in [1.54, 1.807) is 0 Å². The van der Waals surface area contributed by atoms with Gasteiger partial charge in [-0.25, -0.2) is 0 Å². The summed E-state index contributed by atoms with van der Waals surface area (Å²) in [7, 11) is 0. The smallest absolute Gasteiger partial charge is 0.0158 e. The van der Waals surface area contributed by atoms with Crippen molar-refractivity contribution >= 4 is 15.9 Å². The Morgan fingerprint density at radius 3 is 2.57 bits per heavy atom. The molecule has 0 N–H and O–H groups in total. The first-order valence-corrected chi connectivity index (χ1v) is 7.12. The maximum Gasteiger partial charge on any atom is 0.0158 e. The van der Waals surface area contributed by atoms with Crippen molar-refractivity contribution in [2.75, 3.05) is 19.6 Å². The number of likely N-dealkylation sites (tertiary alicyclic amines) is 1. The van der Waals surface area contributed by atoms with Crippen molar-refractivity contribution in [3.63, 3.8) is 0 Å². The molecule has 1 saturated carbocycles. The van der Waals surface area contributed by atoms with Gasteiger partial charge in [0, 0.05) is 4.83 Å². The summed E-state index contributed by atoms with van der Waals surface area (Å²) in [6.07, 6.45) is 10.1. The Balaban J connectivity index is 1.63. The highest BCUT2D eigenvalue weighted by molar-refractivity contribution is 9.09. The zero-order valence-corrected chi connectivity index (χ0v) is 10.6. The molecule has 0 spiro atoms. The highest BCUT2D eigenvalue weighted by Crippen LogP contribution is 2.29. The van der Waals surface area contributed by atoms with Crippen molar-refractivity contribution in [3.8, 4) is 0 Å². The number of alkyl halides is 1. The van der Waals surface area contributed by atoms with Crippen LogP contribution in [0.25, 0.3) is 0 Å². The van der Waals surface area contributed by atoms with Gasteiger partial charge in [0.2, 0.25) is 0 Å². The summed E-state index contributed by atoms with van der Waals surface area (Å²) in [6.45, 7) is 4.03. The lowest BCUT2D eigenvalue weighted by atomic mass is 9.83. The van der Waals surface area contributed by atoms with Gasteiger partial charge in [-0.3, -0.25) is 0 Å². The highest BCUT2D eigenvalue weighted by atomic mass is 79.9. The van der Waals surface area contributed by atoms with Crippen molar-refractivity contribution in [2.24, 2.45) is 5.92 Å². The second kappa shape index (κ2) is 5.50. The zero-order valence-electron chi connectivity index (χ0n) is 9.05. The predicted molar refractivity (Wildman–Crippen MR) is 65.0 cm³/mol. The minimum absolute atomic E-state index is 0.788. The zero-order chi connectivity index (χ0) is 9.80. The summed E-state index contributed by atoms with van der Waals surface area (Å²) in [5.41, 5.74) is 0. The van der Waals surface area contributed by atoms with Gasteiger partial charge < -0.3 is 4.90 Å². The summed E-state index contributed by atoms with van der Waals surface area (Å²) in [5.74, 6) is 1.08. The molecule has 2 fully saturated rings. The Kier molecular flexibility index (Phi) is 4.30. The minimum atomic E-state index is 0.788. The third kappa shape index (κ3) is 3.23. The van der Waals surface area contributed by atoms with Crippen LogP contribution in [0.3, 0.4) is 0 Å². The lowest BCUT2D eigenvalue weighted by Gasteiger charge is -2.28. The second-order valence-electron chi connectivity index (χ2n) is 4.96. The van der Waals surface area contributed by atoms with Gasteiger partial charge in [0.1, 0.15) is 0 Å². The first-order valence-electron chi connectivity index (χ1n) is 6.21. The molecule has 1 heterocycles. The summed E-state index contributed by atoms with van der Waals surface area (Å²) >= 11 is 3.74. The van der Waals surface area contributed by atoms with Gasteiger partial charge in [0.25, 0.3) is 0 Å². The number of halogens is 1. The second-order valence-corrected chi connectivity index (χ2v) is 6.25. The van der Waals surface area contributed by atoms with Crippen molar-refractivity contribution in [1.29, 1.82) is 0 Å². The fraction of sp³-hybridized carbons (Fsp3) is 1.00. The first kappa shape index (κ1) is 10.9. The topological polar surface area (TPSA) is 3.24 Å². The monoisotopic (exact) mass is 259 g/mol.